The van der Waals surface area contributed by atoms with Gasteiger partial charge < -0.3 is 11.1 Å². The minimum absolute atomic E-state index is 0.000676. The van der Waals surface area contributed by atoms with Gasteiger partial charge in [0.15, 0.2) is 0 Å². The molecule has 106 valence electrons. The van der Waals surface area contributed by atoms with Crippen molar-refractivity contribution < 1.29 is 4.79 Å². The number of amides is 1. The molecule has 0 aliphatic heterocycles. The van der Waals surface area contributed by atoms with Crippen LogP contribution < -0.4 is 11.1 Å². The molecule has 1 aromatic heterocycles. The van der Waals surface area contributed by atoms with E-state index in [1.165, 1.54) is 11.3 Å². The Labute approximate surface area is 119 Å². The van der Waals surface area contributed by atoms with Gasteiger partial charge in [0.05, 0.1) is 0 Å². The molecule has 0 unspecified atom stereocenters. The van der Waals surface area contributed by atoms with Crippen LogP contribution in [0.25, 0.3) is 0 Å². The van der Waals surface area contributed by atoms with Gasteiger partial charge in [-0.3, -0.25) is 4.79 Å². The lowest BCUT2D eigenvalue weighted by Gasteiger charge is -2.40. The van der Waals surface area contributed by atoms with E-state index in [1.807, 2.05) is 0 Å². The largest absolute Gasteiger partial charge is 0.355 e. The third-order valence-corrected chi connectivity index (χ3v) is 5.53. The van der Waals surface area contributed by atoms with Crippen LogP contribution in [-0.2, 0) is 10.2 Å². The highest BCUT2D eigenvalue weighted by atomic mass is 32.1. The Balaban J connectivity index is 1.83. The number of hydrogen-bond acceptors (Lipinski definition) is 3. The number of hydrogen-bond donors (Lipinski definition) is 2. The fourth-order valence-electron chi connectivity index (χ4n) is 2.60. The predicted molar refractivity (Wildman–Crippen MR) is 80.3 cm³/mol. The van der Waals surface area contributed by atoms with Crippen LogP contribution in [-0.4, -0.2) is 19.0 Å². The highest BCUT2D eigenvalue weighted by Gasteiger charge is 2.37. The van der Waals surface area contributed by atoms with Crippen molar-refractivity contribution in [1.82, 2.24) is 5.32 Å². The molecule has 1 amide bonds. The summed E-state index contributed by atoms with van der Waals surface area (Å²) in [5.41, 5.74) is 5.89. The third kappa shape index (κ3) is 3.37. The average molecular weight is 280 g/mol. The maximum Gasteiger partial charge on any atom is 0.220 e. The molecule has 19 heavy (non-hydrogen) atoms. The SMILES string of the molecule is CC(C)(CNC(=O)CC1(CN)CCC1)c1cccs1. The van der Waals surface area contributed by atoms with E-state index in [0.717, 1.165) is 12.8 Å². The number of thiophene rings is 1. The van der Waals surface area contributed by atoms with Gasteiger partial charge in [-0.1, -0.05) is 26.3 Å². The Bertz CT molecular complexity index is 416. The second kappa shape index (κ2) is 5.63. The Kier molecular flexibility index (Phi) is 4.31. The van der Waals surface area contributed by atoms with Gasteiger partial charge in [0, 0.05) is 23.3 Å². The number of carbonyl (C=O) groups is 1. The lowest BCUT2D eigenvalue weighted by Crippen LogP contribution is -2.44. The average Bonchev–Trinajstić information content (AvgIpc) is 2.86. The Morgan fingerprint density at radius 2 is 2.26 bits per heavy atom. The second-order valence-corrected chi connectivity index (χ2v) is 7.32. The topological polar surface area (TPSA) is 55.1 Å². The Morgan fingerprint density at radius 3 is 2.74 bits per heavy atom. The second-order valence-electron chi connectivity index (χ2n) is 6.37. The molecule has 0 saturated heterocycles. The number of carbonyl (C=O) groups excluding carboxylic acids is 1. The molecule has 0 aromatic carbocycles. The normalized spacial score (nSPS) is 17.8. The van der Waals surface area contributed by atoms with Gasteiger partial charge in [0.2, 0.25) is 5.91 Å². The minimum atomic E-state index is -0.000676. The molecule has 2 rings (SSSR count). The van der Waals surface area contributed by atoms with Crippen molar-refractivity contribution in [2.75, 3.05) is 13.1 Å². The molecule has 0 radical (unpaired) electrons. The molecule has 0 bridgehead atoms. The van der Waals surface area contributed by atoms with Crippen molar-refractivity contribution in [3.05, 3.63) is 22.4 Å². The zero-order valence-corrected chi connectivity index (χ0v) is 12.7. The number of nitrogens with one attached hydrogen (secondary N) is 1. The molecule has 1 fully saturated rings. The minimum Gasteiger partial charge on any atom is -0.355 e. The van der Waals surface area contributed by atoms with Gasteiger partial charge in [-0.15, -0.1) is 11.3 Å². The van der Waals surface area contributed by atoms with Gasteiger partial charge >= 0.3 is 0 Å². The van der Waals surface area contributed by atoms with Crippen LogP contribution in [0.15, 0.2) is 17.5 Å². The van der Waals surface area contributed by atoms with Gasteiger partial charge in [0.1, 0.15) is 0 Å². The summed E-state index contributed by atoms with van der Waals surface area (Å²) in [6.45, 7) is 5.66. The maximum absolute atomic E-state index is 12.1. The van der Waals surface area contributed by atoms with Crippen LogP contribution in [0.4, 0.5) is 0 Å². The molecule has 3 nitrogen and oxygen atoms in total. The molecule has 1 aliphatic rings. The summed E-state index contributed by atoms with van der Waals surface area (Å²) in [6, 6.07) is 4.19. The zero-order chi connectivity index (χ0) is 13.9. The summed E-state index contributed by atoms with van der Waals surface area (Å²) in [4.78, 5) is 13.4. The lowest BCUT2D eigenvalue weighted by atomic mass is 9.66. The predicted octanol–water partition coefficient (Wildman–Crippen LogP) is 2.66. The Morgan fingerprint density at radius 1 is 1.53 bits per heavy atom. The zero-order valence-electron chi connectivity index (χ0n) is 11.9. The monoisotopic (exact) mass is 280 g/mol. The first-order valence-corrected chi connectivity index (χ1v) is 7.86. The van der Waals surface area contributed by atoms with Gasteiger partial charge in [-0.2, -0.15) is 0 Å². The summed E-state index contributed by atoms with van der Waals surface area (Å²) in [7, 11) is 0. The number of nitrogens with two attached hydrogens (primary N) is 1. The molecular formula is C15H24N2OS. The quantitative estimate of drug-likeness (QED) is 0.841. The van der Waals surface area contributed by atoms with Crippen molar-refractivity contribution in [2.45, 2.75) is 44.9 Å². The van der Waals surface area contributed by atoms with Gasteiger partial charge in [-0.25, -0.2) is 0 Å². The summed E-state index contributed by atoms with van der Waals surface area (Å²) < 4.78 is 0. The van der Waals surface area contributed by atoms with E-state index in [-0.39, 0.29) is 16.7 Å². The third-order valence-electron chi connectivity index (χ3n) is 4.30. The molecule has 4 heteroatoms. The first-order chi connectivity index (χ1) is 8.97. The summed E-state index contributed by atoms with van der Waals surface area (Å²) in [5.74, 6) is 0.148. The van der Waals surface area contributed by atoms with Crippen LogP contribution in [0.3, 0.4) is 0 Å². The molecule has 0 spiro atoms. The van der Waals surface area contributed by atoms with E-state index in [2.05, 4.69) is 36.7 Å². The molecule has 3 N–H and O–H groups in total. The van der Waals surface area contributed by atoms with E-state index in [1.54, 1.807) is 11.3 Å². The molecule has 1 aliphatic carbocycles. The van der Waals surface area contributed by atoms with Gasteiger partial charge in [0.25, 0.3) is 0 Å². The van der Waals surface area contributed by atoms with Crippen LogP contribution in [0.2, 0.25) is 0 Å². The van der Waals surface area contributed by atoms with Crippen molar-refractivity contribution in [1.29, 1.82) is 0 Å². The molecular weight excluding hydrogens is 256 g/mol. The summed E-state index contributed by atoms with van der Waals surface area (Å²) in [5, 5.41) is 5.16. The van der Waals surface area contributed by atoms with Crippen molar-refractivity contribution >= 4 is 17.2 Å². The van der Waals surface area contributed by atoms with E-state index in [9.17, 15) is 4.79 Å². The van der Waals surface area contributed by atoms with Crippen molar-refractivity contribution in [2.24, 2.45) is 11.1 Å². The Hall–Kier alpha value is -0.870. The van der Waals surface area contributed by atoms with Crippen molar-refractivity contribution in [3.8, 4) is 0 Å². The maximum atomic E-state index is 12.1. The molecule has 0 atom stereocenters. The van der Waals surface area contributed by atoms with E-state index < -0.39 is 0 Å². The van der Waals surface area contributed by atoms with Crippen LogP contribution >= 0.6 is 11.3 Å². The number of rotatable bonds is 6. The van der Waals surface area contributed by atoms with E-state index in [4.69, 9.17) is 5.73 Å². The first kappa shape index (κ1) is 14.5. The van der Waals surface area contributed by atoms with Crippen LogP contribution in [0, 0.1) is 5.41 Å². The van der Waals surface area contributed by atoms with Crippen molar-refractivity contribution in [3.63, 3.8) is 0 Å². The van der Waals surface area contributed by atoms with E-state index in [0.29, 0.717) is 19.5 Å². The summed E-state index contributed by atoms with van der Waals surface area (Å²) >= 11 is 1.74. The van der Waals surface area contributed by atoms with Crippen LogP contribution in [0.1, 0.15) is 44.4 Å². The fraction of sp³-hybridized carbons (Fsp3) is 0.667. The van der Waals surface area contributed by atoms with Gasteiger partial charge in [-0.05, 0) is 36.2 Å². The smallest absolute Gasteiger partial charge is 0.220 e. The fourth-order valence-corrected chi connectivity index (χ4v) is 3.46. The van der Waals surface area contributed by atoms with Crippen LogP contribution in [0.5, 0.6) is 0 Å². The highest BCUT2D eigenvalue weighted by molar-refractivity contribution is 7.10. The first-order valence-electron chi connectivity index (χ1n) is 6.98. The summed E-state index contributed by atoms with van der Waals surface area (Å²) in [6.07, 6.45) is 4.01. The molecule has 1 aromatic rings. The molecule has 1 heterocycles. The highest BCUT2D eigenvalue weighted by Crippen LogP contribution is 2.42. The lowest BCUT2D eigenvalue weighted by molar-refractivity contribution is -0.124. The van der Waals surface area contributed by atoms with E-state index >= 15 is 0 Å². The standard InChI is InChI=1S/C15H24N2OS/c1-14(2,12-5-3-8-19-12)11-17-13(18)9-15(10-16)6-4-7-15/h3,5,8H,4,6-7,9-11,16H2,1-2H3,(H,17,18). The molecule has 1 saturated carbocycles.